The van der Waals surface area contributed by atoms with E-state index in [-0.39, 0.29) is 17.7 Å². The topological polar surface area (TPSA) is 91.7 Å². The van der Waals surface area contributed by atoms with Gasteiger partial charge in [0.1, 0.15) is 6.10 Å². The molecular formula is C16H22N2O4. The highest BCUT2D eigenvalue weighted by atomic mass is 16.5. The second-order valence-corrected chi connectivity index (χ2v) is 6.10. The molecular weight excluding hydrogens is 284 g/mol. The van der Waals surface area contributed by atoms with Crippen molar-refractivity contribution in [1.82, 2.24) is 10.3 Å². The molecule has 1 saturated carbocycles. The van der Waals surface area contributed by atoms with Crippen LogP contribution in [0.1, 0.15) is 30.7 Å². The Hall–Kier alpha value is -1.50. The van der Waals surface area contributed by atoms with Crippen LogP contribution in [-0.4, -0.2) is 52.6 Å². The van der Waals surface area contributed by atoms with Gasteiger partial charge in [-0.2, -0.15) is 0 Å². The van der Waals surface area contributed by atoms with E-state index in [1.165, 1.54) is 0 Å². The second-order valence-electron chi connectivity index (χ2n) is 6.10. The van der Waals surface area contributed by atoms with E-state index < -0.39 is 18.2 Å². The summed E-state index contributed by atoms with van der Waals surface area (Å²) in [6.07, 6.45) is 3.45. The van der Waals surface area contributed by atoms with Crippen molar-refractivity contribution in [1.29, 1.82) is 0 Å². The Bertz CT molecular complexity index is 504. The van der Waals surface area contributed by atoms with Crippen molar-refractivity contribution >= 4 is 5.91 Å². The molecule has 120 valence electrons. The van der Waals surface area contributed by atoms with E-state index >= 15 is 0 Å². The maximum Gasteiger partial charge on any atom is 0.223 e. The van der Waals surface area contributed by atoms with Gasteiger partial charge in [0.25, 0.3) is 0 Å². The SMILES string of the molecule is O=C(NC1C(c2ccncc2)CC(O)C1O)C1CCOCC1. The smallest absolute Gasteiger partial charge is 0.223 e. The first-order valence-corrected chi connectivity index (χ1v) is 7.81. The number of aromatic nitrogens is 1. The molecule has 22 heavy (non-hydrogen) atoms. The number of carbonyl (C=O) groups excluding carboxylic acids is 1. The molecule has 3 rings (SSSR count). The summed E-state index contributed by atoms with van der Waals surface area (Å²) in [5.74, 6) is -0.228. The second kappa shape index (κ2) is 6.73. The number of amides is 1. The molecule has 1 saturated heterocycles. The summed E-state index contributed by atoms with van der Waals surface area (Å²) in [5.41, 5.74) is 0.975. The molecule has 1 aromatic rings. The highest BCUT2D eigenvalue weighted by Crippen LogP contribution is 2.35. The highest BCUT2D eigenvalue weighted by molar-refractivity contribution is 5.79. The number of hydrogen-bond acceptors (Lipinski definition) is 5. The van der Waals surface area contributed by atoms with Crippen molar-refractivity contribution in [2.75, 3.05) is 13.2 Å². The summed E-state index contributed by atoms with van der Waals surface area (Å²) in [4.78, 5) is 16.4. The zero-order chi connectivity index (χ0) is 15.5. The molecule has 6 nitrogen and oxygen atoms in total. The Morgan fingerprint density at radius 2 is 1.91 bits per heavy atom. The van der Waals surface area contributed by atoms with Crippen LogP contribution in [0.4, 0.5) is 0 Å². The van der Waals surface area contributed by atoms with Crippen LogP contribution in [-0.2, 0) is 9.53 Å². The predicted octanol–water partition coefficient (Wildman–Crippen LogP) is 0.202. The highest BCUT2D eigenvalue weighted by Gasteiger charge is 2.43. The van der Waals surface area contributed by atoms with Gasteiger partial charge in [0.15, 0.2) is 0 Å². The summed E-state index contributed by atoms with van der Waals surface area (Å²) in [7, 11) is 0. The van der Waals surface area contributed by atoms with E-state index in [4.69, 9.17) is 4.74 Å². The standard InChI is InChI=1S/C16H22N2O4/c19-13-9-12(10-1-5-17-6-2-10)14(15(13)20)18-16(21)11-3-7-22-8-4-11/h1-2,5-6,11-15,19-20H,3-4,7-9H2,(H,18,21). The van der Waals surface area contributed by atoms with Crippen LogP contribution in [0.2, 0.25) is 0 Å². The van der Waals surface area contributed by atoms with E-state index in [1.54, 1.807) is 12.4 Å². The lowest BCUT2D eigenvalue weighted by Gasteiger charge is -2.28. The average molecular weight is 306 g/mol. The molecule has 0 aromatic carbocycles. The zero-order valence-electron chi connectivity index (χ0n) is 12.4. The summed E-state index contributed by atoms with van der Waals surface area (Å²) in [6.45, 7) is 1.20. The predicted molar refractivity (Wildman–Crippen MR) is 79.1 cm³/mol. The summed E-state index contributed by atoms with van der Waals surface area (Å²) < 4.78 is 5.27. The van der Waals surface area contributed by atoms with Crippen LogP contribution in [0.5, 0.6) is 0 Å². The van der Waals surface area contributed by atoms with Crippen LogP contribution < -0.4 is 5.32 Å². The number of nitrogens with one attached hydrogen (secondary N) is 1. The van der Waals surface area contributed by atoms with Gasteiger partial charge in [0.05, 0.1) is 12.1 Å². The van der Waals surface area contributed by atoms with Crippen LogP contribution in [0.3, 0.4) is 0 Å². The van der Waals surface area contributed by atoms with Crippen molar-refractivity contribution in [3.05, 3.63) is 30.1 Å². The lowest BCUT2D eigenvalue weighted by molar-refractivity contribution is -0.129. The minimum Gasteiger partial charge on any atom is -0.390 e. The zero-order valence-corrected chi connectivity index (χ0v) is 12.4. The Balaban J connectivity index is 1.72. The third kappa shape index (κ3) is 3.14. The molecule has 0 radical (unpaired) electrons. The van der Waals surface area contributed by atoms with E-state index in [2.05, 4.69) is 10.3 Å². The molecule has 2 fully saturated rings. The van der Waals surface area contributed by atoms with Gasteiger partial charge < -0.3 is 20.3 Å². The number of nitrogens with zero attached hydrogens (tertiary/aromatic N) is 1. The molecule has 0 spiro atoms. The third-order valence-electron chi connectivity index (χ3n) is 4.73. The third-order valence-corrected chi connectivity index (χ3v) is 4.73. The fourth-order valence-electron chi connectivity index (χ4n) is 3.41. The van der Waals surface area contributed by atoms with E-state index in [0.717, 1.165) is 5.56 Å². The van der Waals surface area contributed by atoms with Gasteiger partial charge in [-0.15, -0.1) is 0 Å². The molecule has 4 unspecified atom stereocenters. The lowest BCUT2D eigenvalue weighted by atomic mass is 9.93. The van der Waals surface area contributed by atoms with Gasteiger partial charge in [-0.25, -0.2) is 0 Å². The van der Waals surface area contributed by atoms with E-state index in [0.29, 0.717) is 32.5 Å². The van der Waals surface area contributed by atoms with Gasteiger partial charge >= 0.3 is 0 Å². The Morgan fingerprint density at radius 3 is 2.59 bits per heavy atom. The van der Waals surface area contributed by atoms with Crippen LogP contribution in [0.25, 0.3) is 0 Å². The van der Waals surface area contributed by atoms with Crippen molar-refractivity contribution in [2.24, 2.45) is 5.92 Å². The van der Waals surface area contributed by atoms with E-state index in [9.17, 15) is 15.0 Å². The lowest BCUT2D eigenvalue weighted by Crippen LogP contribution is -2.48. The maximum atomic E-state index is 12.4. The number of pyridine rings is 1. The monoisotopic (exact) mass is 306 g/mol. The van der Waals surface area contributed by atoms with Crippen LogP contribution >= 0.6 is 0 Å². The molecule has 6 heteroatoms. The number of rotatable bonds is 3. The molecule has 3 N–H and O–H groups in total. The maximum absolute atomic E-state index is 12.4. The molecule has 4 atom stereocenters. The fraction of sp³-hybridized carbons (Fsp3) is 0.625. The normalized spacial score (nSPS) is 32.8. The first-order valence-electron chi connectivity index (χ1n) is 7.81. The average Bonchev–Trinajstić information content (AvgIpc) is 2.85. The largest absolute Gasteiger partial charge is 0.390 e. The molecule has 1 aliphatic carbocycles. The summed E-state index contributed by atoms with van der Waals surface area (Å²) >= 11 is 0. The summed E-state index contributed by atoms with van der Waals surface area (Å²) in [5, 5.41) is 23.2. The number of hydrogen-bond donors (Lipinski definition) is 3. The van der Waals surface area contributed by atoms with Crippen LogP contribution in [0.15, 0.2) is 24.5 Å². The first-order chi connectivity index (χ1) is 10.7. The molecule has 2 heterocycles. The molecule has 0 bridgehead atoms. The molecule has 2 aliphatic rings. The van der Waals surface area contributed by atoms with Gasteiger partial charge in [-0.05, 0) is 37.0 Å². The summed E-state index contributed by atoms with van der Waals surface area (Å²) in [6, 6.07) is 3.26. The van der Waals surface area contributed by atoms with E-state index in [1.807, 2.05) is 12.1 Å². The van der Waals surface area contributed by atoms with Gasteiger partial charge in [-0.3, -0.25) is 9.78 Å². The van der Waals surface area contributed by atoms with Crippen LogP contribution in [0, 0.1) is 5.92 Å². The Labute approximate surface area is 129 Å². The van der Waals surface area contributed by atoms with Crippen molar-refractivity contribution in [3.8, 4) is 0 Å². The van der Waals surface area contributed by atoms with Gasteiger partial charge in [0, 0.05) is 37.4 Å². The fourth-order valence-corrected chi connectivity index (χ4v) is 3.41. The van der Waals surface area contributed by atoms with Crippen molar-refractivity contribution in [3.63, 3.8) is 0 Å². The quantitative estimate of drug-likeness (QED) is 0.742. The first kappa shape index (κ1) is 15.4. The number of ether oxygens (including phenoxy) is 1. The van der Waals surface area contributed by atoms with Gasteiger partial charge in [-0.1, -0.05) is 0 Å². The molecule has 1 amide bonds. The Morgan fingerprint density at radius 1 is 1.23 bits per heavy atom. The Kier molecular flexibility index (Phi) is 4.71. The number of aliphatic hydroxyl groups excluding tert-OH is 2. The minimum absolute atomic E-state index is 0.0551. The molecule has 1 aliphatic heterocycles. The number of aliphatic hydroxyl groups is 2. The van der Waals surface area contributed by atoms with Crippen molar-refractivity contribution in [2.45, 2.75) is 43.4 Å². The molecule has 1 aromatic heterocycles. The minimum atomic E-state index is -0.943. The van der Waals surface area contributed by atoms with Crippen molar-refractivity contribution < 1.29 is 19.7 Å². The number of carbonyl (C=O) groups is 1. The van der Waals surface area contributed by atoms with Gasteiger partial charge in [0.2, 0.25) is 5.91 Å².